The highest BCUT2D eigenvalue weighted by atomic mass is 19.1. The maximum absolute atomic E-state index is 14.4. The average Bonchev–Trinajstić information content (AvgIpc) is 3.05. The fraction of sp³-hybridized carbons (Fsp3) is 0.148. The number of aryl methyl sites for hydroxylation is 1. The Labute approximate surface area is 200 Å². The topological polar surface area (TPSA) is 101 Å². The molecule has 1 spiro atoms. The minimum Gasteiger partial charge on any atom is -0.440 e. The molecule has 3 heterocycles. The van der Waals surface area contributed by atoms with Crippen molar-refractivity contribution in [2.24, 2.45) is 5.73 Å². The van der Waals surface area contributed by atoms with Crippen LogP contribution < -0.4 is 20.9 Å². The Bertz CT molecular complexity index is 1550. The van der Waals surface area contributed by atoms with Crippen LogP contribution in [0.25, 0.3) is 0 Å². The Kier molecular flexibility index (Phi) is 5.06. The van der Waals surface area contributed by atoms with Crippen molar-refractivity contribution in [3.05, 3.63) is 117 Å². The number of nitrogens with two attached hydrogens (primary N) is 1. The minimum absolute atomic E-state index is 0.0230. The fourth-order valence-corrected chi connectivity index (χ4v) is 5.05. The van der Waals surface area contributed by atoms with E-state index >= 15 is 0 Å². The molecule has 1 unspecified atom stereocenters. The highest BCUT2D eigenvalue weighted by Gasteiger charge is 2.60. The maximum atomic E-state index is 14.4. The second-order valence-corrected chi connectivity index (χ2v) is 8.47. The van der Waals surface area contributed by atoms with Gasteiger partial charge in [0.15, 0.2) is 5.41 Å². The zero-order chi connectivity index (χ0) is 24.9. The van der Waals surface area contributed by atoms with Gasteiger partial charge < -0.3 is 19.9 Å². The monoisotopic (exact) mass is 468 g/mol. The van der Waals surface area contributed by atoms with Crippen LogP contribution in [-0.2, 0) is 23.3 Å². The van der Waals surface area contributed by atoms with Crippen LogP contribution in [0.1, 0.15) is 22.4 Å². The Hall–Kier alpha value is -4.64. The number of rotatable bonds is 4. The largest absolute Gasteiger partial charge is 0.440 e. The first kappa shape index (κ1) is 22.2. The summed E-state index contributed by atoms with van der Waals surface area (Å²) in [5.74, 6) is -1.08. The number of halogens is 1. The predicted octanol–water partition coefficient (Wildman–Crippen LogP) is 3.40. The first-order valence-electron chi connectivity index (χ1n) is 10.9. The highest BCUT2D eigenvalue weighted by molar-refractivity contribution is 6.14. The number of fused-ring (bicyclic) bond motifs is 4. The molecular weight excluding hydrogens is 447 g/mol. The van der Waals surface area contributed by atoms with Crippen LogP contribution in [0.2, 0.25) is 0 Å². The Morgan fingerprint density at radius 3 is 2.69 bits per heavy atom. The first-order valence-corrected chi connectivity index (χ1v) is 10.9. The fourth-order valence-electron chi connectivity index (χ4n) is 5.05. The predicted molar refractivity (Wildman–Crippen MR) is 128 cm³/mol. The van der Waals surface area contributed by atoms with Gasteiger partial charge in [0.2, 0.25) is 11.8 Å². The van der Waals surface area contributed by atoms with E-state index in [-0.39, 0.29) is 35.9 Å². The lowest BCUT2D eigenvalue weighted by Gasteiger charge is -2.34. The van der Waals surface area contributed by atoms with Gasteiger partial charge >= 0.3 is 0 Å². The molecular formula is C27H21FN4O3. The number of ether oxygens (including phenoxy) is 1. The quantitative estimate of drug-likeness (QED) is 0.592. The molecule has 0 saturated heterocycles. The van der Waals surface area contributed by atoms with E-state index in [0.29, 0.717) is 22.5 Å². The van der Waals surface area contributed by atoms with E-state index in [2.05, 4.69) is 6.58 Å². The molecule has 1 atom stereocenters. The van der Waals surface area contributed by atoms with E-state index in [1.165, 1.54) is 21.6 Å². The molecule has 2 aliphatic heterocycles. The average molecular weight is 468 g/mol. The molecule has 0 saturated carbocycles. The van der Waals surface area contributed by atoms with E-state index in [0.717, 1.165) is 0 Å². The van der Waals surface area contributed by atoms with Gasteiger partial charge in [0.05, 0.1) is 12.1 Å². The van der Waals surface area contributed by atoms with Crippen molar-refractivity contribution < 1.29 is 13.9 Å². The third-order valence-electron chi connectivity index (χ3n) is 6.51. The van der Waals surface area contributed by atoms with Gasteiger partial charge in [-0.1, -0.05) is 36.4 Å². The summed E-state index contributed by atoms with van der Waals surface area (Å²) in [6, 6.07) is 16.5. The molecule has 0 radical (unpaired) electrons. The molecule has 8 heteroatoms. The van der Waals surface area contributed by atoms with Crippen molar-refractivity contribution in [1.82, 2.24) is 4.57 Å². The van der Waals surface area contributed by atoms with Gasteiger partial charge in [0, 0.05) is 29.6 Å². The number of allylic oxidation sites excluding steroid dienone is 1. The smallest absolute Gasteiger partial charge is 0.259 e. The molecule has 2 N–H and O–H groups in total. The number of anilines is 1. The van der Waals surface area contributed by atoms with Gasteiger partial charge in [-0.25, -0.2) is 4.39 Å². The zero-order valence-corrected chi connectivity index (χ0v) is 18.9. The third-order valence-corrected chi connectivity index (χ3v) is 6.51. The van der Waals surface area contributed by atoms with Crippen LogP contribution in [0.4, 0.5) is 10.1 Å². The van der Waals surface area contributed by atoms with Crippen molar-refractivity contribution in [2.75, 3.05) is 4.90 Å². The van der Waals surface area contributed by atoms with Crippen molar-refractivity contribution in [3.8, 4) is 11.8 Å². The van der Waals surface area contributed by atoms with Crippen molar-refractivity contribution >= 4 is 11.6 Å². The van der Waals surface area contributed by atoms with Crippen molar-refractivity contribution in [3.63, 3.8) is 0 Å². The number of amides is 1. The van der Waals surface area contributed by atoms with Crippen LogP contribution in [0, 0.1) is 24.1 Å². The Morgan fingerprint density at radius 2 is 1.97 bits per heavy atom. The molecule has 1 amide bonds. The van der Waals surface area contributed by atoms with Gasteiger partial charge in [-0.3, -0.25) is 9.59 Å². The number of nitrogens with zero attached hydrogens (tertiary/aromatic N) is 3. The van der Waals surface area contributed by atoms with Crippen LogP contribution in [0.3, 0.4) is 0 Å². The molecule has 0 aliphatic carbocycles. The molecule has 2 aliphatic rings. The number of hydrogen-bond donors (Lipinski definition) is 1. The van der Waals surface area contributed by atoms with E-state index in [1.54, 1.807) is 55.5 Å². The van der Waals surface area contributed by atoms with Crippen molar-refractivity contribution in [1.29, 1.82) is 5.26 Å². The molecule has 7 nitrogen and oxygen atoms in total. The van der Waals surface area contributed by atoms with Crippen LogP contribution in [0.15, 0.2) is 83.5 Å². The highest BCUT2D eigenvalue weighted by Crippen LogP contribution is 2.54. The van der Waals surface area contributed by atoms with Crippen molar-refractivity contribution in [2.45, 2.75) is 25.4 Å². The first-order chi connectivity index (χ1) is 16.8. The number of carbonyl (C=O) groups excluding carboxylic acids is 1. The molecule has 1 aromatic heterocycles. The lowest BCUT2D eigenvalue weighted by molar-refractivity contribution is -0.121. The van der Waals surface area contributed by atoms with E-state index < -0.39 is 22.7 Å². The second kappa shape index (κ2) is 7.99. The Balaban J connectivity index is 1.84. The van der Waals surface area contributed by atoms with Gasteiger partial charge in [-0.2, -0.15) is 5.26 Å². The van der Waals surface area contributed by atoms with Crippen LogP contribution >= 0.6 is 0 Å². The van der Waals surface area contributed by atoms with Crippen LogP contribution in [-0.4, -0.2) is 10.5 Å². The lowest BCUT2D eigenvalue weighted by Crippen LogP contribution is -2.49. The molecule has 0 fully saturated rings. The summed E-state index contributed by atoms with van der Waals surface area (Å²) in [5, 5.41) is 10.2. The third kappa shape index (κ3) is 3.02. The van der Waals surface area contributed by atoms with E-state index in [1.807, 2.05) is 6.07 Å². The lowest BCUT2D eigenvalue weighted by atomic mass is 9.69. The molecule has 174 valence electrons. The molecule has 3 aromatic rings. The molecule has 2 aromatic carbocycles. The Morgan fingerprint density at radius 1 is 1.20 bits per heavy atom. The standard InChI is InChI=1S/C27H21FN4O3/c1-3-11-31-16(2)12-22-23(25(31)33)27(20(14-29)24(30)35-22)19-9-4-5-10-21(19)32(26(27)34)15-17-7-6-8-18(28)13-17/h3-10,12-13H,1,11,15,30H2,2H3. The summed E-state index contributed by atoms with van der Waals surface area (Å²) < 4.78 is 21.1. The molecule has 5 rings (SSSR count). The summed E-state index contributed by atoms with van der Waals surface area (Å²) in [4.78, 5) is 29.7. The second-order valence-electron chi connectivity index (χ2n) is 8.47. The van der Waals surface area contributed by atoms with Gasteiger partial charge in [-0.05, 0) is 30.7 Å². The zero-order valence-electron chi connectivity index (χ0n) is 18.9. The number of hydrogen-bond acceptors (Lipinski definition) is 5. The summed E-state index contributed by atoms with van der Waals surface area (Å²) in [5.41, 5.74) is 5.86. The minimum atomic E-state index is -1.80. The summed E-state index contributed by atoms with van der Waals surface area (Å²) >= 11 is 0. The number of benzene rings is 2. The summed E-state index contributed by atoms with van der Waals surface area (Å²) in [6.45, 7) is 5.70. The summed E-state index contributed by atoms with van der Waals surface area (Å²) in [6.07, 6.45) is 1.58. The van der Waals surface area contributed by atoms with Gasteiger partial charge in [0.25, 0.3) is 5.56 Å². The van der Waals surface area contributed by atoms with E-state index in [9.17, 15) is 19.2 Å². The number of nitriles is 1. The number of aromatic nitrogens is 1. The maximum Gasteiger partial charge on any atom is 0.259 e. The number of para-hydroxylation sites is 1. The summed E-state index contributed by atoms with van der Waals surface area (Å²) in [7, 11) is 0. The molecule has 0 bridgehead atoms. The number of pyridine rings is 1. The van der Waals surface area contributed by atoms with Crippen LogP contribution in [0.5, 0.6) is 5.75 Å². The number of carbonyl (C=O) groups is 1. The van der Waals surface area contributed by atoms with E-state index in [4.69, 9.17) is 10.5 Å². The van der Waals surface area contributed by atoms with Gasteiger partial charge in [-0.15, -0.1) is 6.58 Å². The van der Waals surface area contributed by atoms with Gasteiger partial charge in [0.1, 0.15) is 23.2 Å². The molecule has 35 heavy (non-hydrogen) atoms. The SMILES string of the molecule is C=CCn1c(C)cc2c(c1=O)C1(C(=O)N(Cc3cccc(F)c3)c3ccccc31)C(C#N)=C(N)O2. The normalized spacial score (nSPS) is 18.2.